The topological polar surface area (TPSA) is 57.3 Å². The molecule has 2 rings (SSSR count). The zero-order valence-electron chi connectivity index (χ0n) is 14.0. The lowest BCUT2D eigenvalue weighted by molar-refractivity contribution is 0.0624. The van der Waals surface area contributed by atoms with Gasteiger partial charge in [-0.3, -0.25) is 0 Å². The number of hydrogen-bond acceptors (Lipinski definition) is 3. The average molecular weight is 304 g/mol. The molecule has 2 aromatic rings. The minimum atomic E-state index is -0.455. The van der Waals surface area contributed by atoms with Gasteiger partial charge < -0.3 is 20.1 Å². The third kappa shape index (κ3) is 4.09. The fourth-order valence-electron chi connectivity index (χ4n) is 3.17. The Kier molecular flexibility index (Phi) is 5.62. The van der Waals surface area contributed by atoms with Crippen LogP contribution in [0.2, 0.25) is 0 Å². The minimum Gasteiger partial charge on any atom is -0.389 e. The van der Waals surface area contributed by atoms with E-state index < -0.39 is 6.10 Å². The van der Waals surface area contributed by atoms with Crippen LogP contribution >= 0.6 is 0 Å². The number of H-pyrrole nitrogens is 1. The van der Waals surface area contributed by atoms with Crippen molar-refractivity contribution in [2.45, 2.75) is 44.8 Å². The Balaban J connectivity index is 2.01. The molecule has 0 spiro atoms. The van der Waals surface area contributed by atoms with E-state index in [0.29, 0.717) is 19.2 Å². The highest BCUT2D eigenvalue weighted by Gasteiger charge is 2.26. The number of methoxy groups -OCH3 is 1. The lowest BCUT2D eigenvalue weighted by atomic mass is 9.79. The largest absolute Gasteiger partial charge is 0.389 e. The first kappa shape index (κ1) is 17.0. The number of rotatable bonds is 8. The number of aliphatic hydroxyl groups is 1. The monoisotopic (exact) mass is 304 g/mol. The molecule has 122 valence electrons. The Morgan fingerprint density at radius 2 is 2.05 bits per heavy atom. The van der Waals surface area contributed by atoms with Gasteiger partial charge in [-0.2, -0.15) is 0 Å². The zero-order chi connectivity index (χ0) is 16.2. The van der Waals surface area contributed by atoms with Gasteiger partial charge in [0.2, 0.25) is 0 Å². The third-order valence-corrected chi connectivity index (χ3v) is 4.20. The van der Waals surface area contributed by atoms with Crippen LogP contribution in [-0.2, 0) is 10.2 Å². The van der Waals surface area contributed by atoms with Crippen molar-refractivity contribution in [3.63, 3.8) is 0 Å². The van der Waals surface area contributed by atoms with Gasteiger partial charge in [-0.1, -0.05) is 32.0 Å². The predicted molar refractivity (Wildman–Crippen MR) is 91.3 cm³/mol. The fourth-order valence-corrected chi connectivity index (χ4v) is 3.17. The van der Waals surface area contributed by atoms with Crippen molar-refractivity contribution in [1.29, 1.82) is 0 Å². The van der Waals surface area contributed by atoms with Crippen LogP contribution in [0.15, 0.2) is 30.5 Å². The Labute approximate surface area is 132 Å². The Hall–Kier alpha value is -1.36. The Bertz CT molecular complexity index is 592. The zero-order valence-corrected chi connectivity index (χ0v) is 14.0. The van der Waals surface area contributed by atoms with E-state index in [-0.39, 0.29) is 5.41 Å². The van der Waals surface area contributed by atoms with Crippen molar-refractivity contribution in [1.82, 2.24) is 10.3 Å². The molecule has 4 heteroatoms. The molecule has 0 saturated carbocycles. The molecular weight excluding hydrogens is 276 g/mol. The second kappa shape index (κ2) is 7.27. The predicted octanol–water partition coefficient (Wildman–Crippen LogP) is 2.82. The smallest absolute Gasteiger partial charge is 0.0897 e. The summed E-state index contributed by atoms with van der Waals surface area (Å²) < 4.78 is 4.95. The normalized spacial score (nSPS) is 15.1. The van der Waals surface area contributed by atoms with Gasteiger partial charge in [-0.25, -0.2) is 0 Å². The molecule has 0 aliphatic rings. The summed E-state index contributed by atoms with van der Waals surface area (Å²) in [5, 5.41) is 14.4. The maximum Gasteiger partial charge on any atom is 0.0897 e. The van der Waals surface area contributed by atoms with Gasteiger partial charge in [0, 0.05) is 36.8 Å². The van der Waals surface area contributed by atoms with E-state index in [2.05, 4.69) is 61.5 Å². The van der Waals surface area contributed by atoms with E-state index in [1.54, 1.807) is 7.11 Å². The number of aromatic nitrogens is 1. The average Bonchev–Trinajstić information content (AvgIpc) is 2.90. The summed E-state index contributed by atoms with van der Waals surface area (Å²) in [7, 11) is 1.60. The molecule has 1 unspecified atom stereocenters. The molecular formula is C18H28N2O2. The number of ether oxygens (including phenoxy) is 1. The Morgan fingerprint density at radius 3 is 2.77 bits per heavy atom. The molecule has 1 aromatic heterocycles. The number of aliphatic hydroxyl groups excluding tert-OH is 1. The summed E-state index contributed by atoms with van der Waals surface area (Å²) in [6.45, 7) is 7.62. The third-order valence-electron chi connectivity index (χ3n) is 4.20. The maximum absolute atomic E-state index is 9.73. The van der Waals surface area contributed by atoms with Crippen LogP contribution < -0.4 is 5.32 Å². The fraction of sp³-hybridized carbons (Fsp3) is 0.556. The molecule has 2 atom stereocenters. The van der Waals surface area contributed by atoms with Crippen molar-refractivity contribution < 1.29 is 9.84 Å². The first-order chi connectivity index (χ1) is 10.4. The second-order valence-electron chi connectivity index (χ2n) is 6.75. The summed E-state index contributed by atoms with van der Waals surface area (Å²) in [5.74, 6) is 0. The molecule has 4 nitrogen and oxygen atoms in total. The highest BCUT2D eigenvalue weighted by Crippen LogP contribution is 2.33. The summed E-state index contributed by atoms with van der Waals surface area (Å²) in [5.41, 5.74) is 2.58. The van der Waals surface area contributed by atoms with Crippen LogP contribution in [0.3, 0.4) is 0 Å². The molecule has 0 bridgehead atoms. The number of para-hydroxylation sites is 1. The van der Waals surface area contributed by atoms with Crippen molar-refractivity contribution in [2.75, 3.05) is 20.3 Å². The second-order valence-corrected chi connectivity index (χ2v) is 6.75. The van der Waals surface area contributed by atoms with Gasteiger partial charge in [0.15, 0.2) is 0 Å². The summed E-state index contributed by atoms with van der Waals surface area (Å²) in [6, 6.07) is 8.73. The van der Waals surface area contributed by atoms with E-state index in [0.717, 1.165) is 6.42 Å². The molecule has 0 saturated heterocycles. The summed E-state index contributed by atoms with van der Waals surface area (Å²) in [6.07, 6.45) is 2.66. The minimum absolute atomic E-state index is 0.0538. The molecule has 0 amide bonds. The van der Waals surface area contributed by atoms with Crippen LogP contribution in [0.4, 0.5) is 0 Å². The number of benzene rings is 1. The molecule has 0 radical (unpaired) electrons. The van der Waals surface area contributed by atoms with Crippen molar-refractivity contribution in [3.05, 3.63) is 36.0 Å². The van der Waals surface area contributed by atoms with Crippen LogP contribution in [0.1, 0.15) is 32.8 Å². The van der Waals surface area contributed by atoms with Crippen molar-refractivity contribution in [3.8, 4) is 0 Å². The molecule has 1 aromatic carbocycles. The van der Waals surface area contributed by atoms with Crippen LogP contribution in [0, 0.1) is 0 Å². The molecule has 3 N–H and O–H groups in total. The maximum atomic E-state index is 9.73. The van der Waals surface area contributed by atoms with E-state index in [9.17, 15) is 5.11 Å². The van der Waals surface area contributed by atoms with Crippen LogP contribution in [-0.4, -0.2) is 42.5 Å². The van der Waals surface area contributed by atoms with E-state index in [1.807, 2.05) is 0 Å². The molecule has 1 heterocycles. The number of nitrogens with one attached hydrogen (secondary N) is 2. The van der Waals surface area contributed by atoms with Crippen molar-refractivity contribution in [2.24, 2.45) is 0 Å². The lowest BCUT2D eigenvalue weighted by Gasteiger charge is -2.29. The van der Waals surface area contributed by atoms with Gasteiger partial charge >= 0.3 is 0 Å². The summed E-state index contributed by atoms with van der Waals surface area (Å²) in [4.78, 5) is 3.36. The van der Waals surface area contributed by atoms with E-state index in [4.69, 9.17) is 4.74 Å². The molecule has 22 heavy (non-hydrogen) atoms. The van der Waals surface area contributed by atoms with Crippen LogP contribution in [0.25, 0.3) is 10.9 Å². The molecule has 0 aliphatic carbocycles. The Morgan fingerprint density at radius 1 is 1.32 bits per heavy atom. The first-order valence-electron chi connectivity index (χ1n) is 7.91. The van der Waals surface area contributed by atoms with Gasteiger partial charge in [0.05, 0.1) is 12.7 Å². The first-order valence-corrected chi connectivity index (χ1v) is 7.91. The highest BCUT2D eigenvalue weighted by molar-refractivity contribution is 5.84. The highest BCUT2D eigenvalue weighted by atomic mass is 16.5. The van der Waals surface area contributed by atoms with Gasteiger partial charge in [-0.05, 0) is 30.4 Å². The van der Waals surface area contributed by atoms with Gasteiger partial charge in [0.1, 0.15) is 0 Å². The van der Waals surface area contributed by atoms with Gasteiger partial charge in [-0.15, -0.1) is 0 Å². The number of hydrogen-bond donors (Lipinski definition) is 3. The number of aromatic amines is 1. The van der Waals surface area contributed by atoms with Gasteiger partial charge in [0.25, 0.3) is 0 Å². The van der Waals surface area contributed by atoms with Crippen molar-refractivity contribution >= 4 is 10.9 Å². The van der Waals surface area contributed by atoms with E-state index in [1.165, 1.54) is 16.5 Å². The van der Waals surface area contributed by atoms with Crippen LogP contribution in [0.5, 0.6) is 0 Å². The SMILES string of the molecule is COC[C@H](O)CNC(C)CC(C)(C)c1c[nH]c2ccccc12. The van der Waals surface area contributed by atoms with E-state index >= 15 is 0 Å². The number of fused-ring (bicyclic) bond motifs is 1. The molecule has 0 aliphatic heterocycles. The standard InChI is InChI=1S/C18H28N2O2/c1-13(19-10-14(21)12-22-4)9-18(2,3)16-11-20-17-8-6-5-7-15(16)17/h5-8,11,13-14,19-21H,9-10,12H2,1-4H3/t13?,14-/m1/s1. The lowest BCUT2D eigenvalue weighted by Crippen LogP contribution is -2.39. The summed E-state index contributed by atoms with van der Waals surface area (Å²) >= 11 is 0. The quantitative estimate of drug-likeness (QED) is 0.703. The molecule has 0 fully saturated rings.